The van der Waals surface area contributed by atoms with Gasteiger partial charge in [0.05, 0.1) is 19.9 Å². The zero-order chi connectivity index (χ0) is 19.8. The van der Waals surface area contributed by atoms with Crippen molar-refractivity contribution < 1.29 is 23.5 Å². The second-order valence-corrected chi connectivity index (χ2v) is 5.95. The van der Waals surface area contributed by atoms with Crippen LogP contribution in [0.5, 0.6) is 17.2 Å². The van der Waals surface area contributed by atoms with Gasteiger partial charge in [0, 0.05) is 24.6 Å². The van der Waals surface area contributed by atoms with Crippen LogP contribution in [0, 0.1) is 0 Å². The number of methoxy groups -OCH3 is 2. The van der Waals surface area contributed by atoms with Gasteiger partial charge in [0.15, 0.2) is 23.9 Å². The van der Waals surface area contributed by atoms with E-state index in [0.29, 0.717) is 30.2 Å². The molecule has 1 N–H and O–H groups in total. The fraction of sp³-hybridized carbons (Fsp3) is 0.238. The number of ether oxygens (including phenoxy) is 3. The minimum absolute atomic E-state index is 0.0890. The summed E-state index contributed by atoms with van der Waals surface area (Å²) in [6.07, 6.45) is 0.549. The first-order chi connectivity index (χ1) is 13.7. The van der Waals surface area contributed by atoms with Crippen molar-refractivity contribution in [3.8, 4) is 28.6 Å². The van der Waals surface area contributed by atoms with Crippen molar-refractivity contribution in [1.29, 1.82) is 0 Å². The van der Waals surface area contributed by atoms with Gasteiger partial charge in [-0.15, -0.1) is 0 Å². The molecule has 1 heterocycles. The standard InChI is InChI=1S/C21H22N2O5/c1-25-17-7-5-6-15(12-17)20-13-16(23-28-20)10-11-22-21(24)14-27-19-9-4-3-8-18(19)26-2/h3-9,12-13H,10-11,14H2,1-2H3,(H,22,24). The zero-order valence-corrected chi connectivity index (χ0v) is 15.8. The van der Waals surface area contributed by atoms with Gasteiger partial charge in [-0.3, -0.25) is 4.79 Å². The Balaban J connectivity index is 1.46. The maximum atomic E-state index is 12.0. The first-order valence-electron chi connectivity index (χ1n) is 8.82. The van der Waals surface area contributed by atoms with Crippen molar-refractivity contribution in [1.82, 2.24) is 10.5 Å². The average molecular weight is 382 g/mol. The fourth-order valence-electron chi connectivity index (χ4n) is 2.60. The third kappa shape index (κ3) is 5.03. The van der Waals surface area contributed by atoms with Crippen LogP contribution in [0.1, 0.15) is 5.69 Å². The third-order valence-corrected chi connectivity index (χ3v) is 4.04. The normalized spacial score (nSPS) is 10.4. The quantitative estimate of drug-likeness (QED) is 0.612. The lowest BCUT2D eigenvalue weighted by Gasteiger charge is -2.10. The molecule has 28 heavy (non-hydrogen) atoms. The summed E-state index contributed by atoms with van der Waals surface area (Å²) in [6.45, 7) is 0.340. The largest absolute Gasteiger partial charge is 0.497 e. The second kappa shape index (κ2) is 9.45. The van der Waals surface area contributed by atoms with Crippen LogP contribution in [0.4, 0.5) is 0 Å². The summed E-state index contributed by atoms with van der Waals surface area (Å²) in [5.41, 5.74) is 1.64. The van der Waals surface area contributed by atoms with Gasteiger partial charge < -0.3 is 24.1 Å². The number of para-hydroxylation sites is 2. The molecule has 0 aliphatic heterocycles. The molecule has 0 saturated carbocycles. The molecule has 0 spiro atoms. The highest BCUT2D eigenvalue weighted by molar-refractivity contribution is 5.77. The Bertz CT molecular complexity index is 922. The number of rotatable bonds is 9. The molecule has 0 fully saturated rings. The van der Waals surface area contributed by atoms with Gasteiger partial charge in [-0.2, -0.15) is 0 Å². The lowest BCUT2D eigenvalue weighted by atomic mass is 10.1. The number of hydrogen-bond donors (Lipinski definition) is 1. The third-order valence-electron chi connectivity index (χ3n) is 4.04. The summed E-state index contributed by atoms with van der Waals surface area (Å²) in [7, 11) is 3.17. The molecule has 146 valence electrons. The highest BCUT2D eigenvalue weighted by Gasteiger charge is 2.09. The van der Waals surface area contributed by atoms with E-state index >= 15 is 0 Å². The van der Waals surface area contributed by atoms with E-state index in [2.05, 4.69) is 10.5 Å². The Labute approximate surface area is 163 Å². The molecular formula is C21H22N2O5. The maximum absolute atomic E-state index is 12.0. The summed E-state index contributed by atoms with van der Waals surface area (Å²) in [6, 6.07) is 16.6. The van der Waals surface area contributed by atoms with Crippen molar-refractivity contribution in [2.75, 3.05) is 27.4 Å². The van der Waals surface area contributed by atoms with Crippen molar-refractivity contribution >= 4 is 5.91 Å². The van der Waals surface area contributed by atoms with Crippen LogP contribution < -0.4 is 19.5 Å². The van der Waals surface area contributed by atoms with Crippen LogP contribution in [-0.2, 0) is 11.2 Å². The molecule has 0 radical (unpaired) electrons. The first-order valence-corrected chi connectivity index (χ1v) is 8.82. The van der Waals surface area contributed by atoms with Gasteiger partial charge >= 0.3 is 0 Å². The Morgan fingerprint density at radius 3 is 2.64 bits per heavy atom. The van der Waals surface area contributed by atoms with Crippen LogP contribution in [0.25, 0.3) is 11.3 Å². The summed E-state index contributed by atoms with van der Waals surface area (Å²) >= 11 is 0. The summed E-state index contributed by atoms with van der Waals surface area (Å²) < 4.78 is 21.3. The van der Waals surface area contributed by atoms with Crippen LogP contribution >= 0.6 is 0 Å². The minimum Gasteiger partial charge on any atom is -0.497 e. The molecule has 2 aromatic carbocycles. The SMILES string of the molecule is COc1cccc(-c2cc(CCNC(=O)COc3ccccc3OC)no2)c1. The van der Waals surface area contributed by atoms with Crippen LogP contribution in [0.2, 0.25) is 0 Å². The molecule has 0 aliphatic rings. The molecule has 0 aliphatic carbocycles. The average Bonchev–Trinajstić information content (AvgIpc) is 3.21. The Hall–Kier alpha value is -3.48. The lowest BCUT2D eigenvalue weighted by Crippen LogP contribution is -2.30. The number of nitrogens with one attached hydrogen (secondary N) is 1. The van der Waals surface area contributed by atoms with E-state index in [1.165, 1.54) is 0 Å². The van der Waals surface area contributed by atoms with Gasteiger partial charge in [-0.05, 0) is 24.3 Å². The number of carbonyl (C=O) groups is 1. The summed E-state index contributed by atoms with van der Waals surface area (Å²) in [5.74, 6) is 2.29. The number of hydrogen-bond acceptors (Lipinski definition) is 6. The molecule has 0 saturated heterocycles. The minimum atomic E-state index is -0.220. The summed E-state index contributed by atoms with van der Waals surface area (Å²) in [5, 5.41) is 6.85. The van der Waals surface area contributed by atoms with Crippen molar-refractivity contribution in [2.45, 2.75) is 6.42 Å². The van der Waals surface area contributed by atoms with Crippen LogP contribution in [0.15, 0.2) is 59.1 Å². The van der Waals surface area contributed by atoms with Crippen molar-refractivity contribution in [3.63, 3.8) is 0 Å². The van der Waals surface area contributed by atoms with Crippen LogP contribution in [-0.4, -0.2) is 38.4 Å². The fourth-order valence-corrected chi connectivity index (χ4v) is 2.60. The van der Waals surface area contributed by atoms with E-state index < -0.39 is 0 Å². The highest BCUT2D eigenvalue weighted by atomic mass is 16.5. The molecular weight excluding hydrogens is 360 g/mol. The summed E-state index contributed by atoms with van der Waals surface area (Å²) in [4.78, 5) is 12.0. The second-order valence-electron chi connectivity index (χ2n) is 5.95. The van der Waals surface area contributed by atoms with Gasteiger partial charge in [0.25, 0.3) is 5.91 Å². The molecule has 1 amide bonds. The van der Waals surface area contributed by atoms with Crippen molar-refractivity contribution in [2.24, 2.45) is 0 Å². The van der Waals surface area contributed by atoms with Gasteiger partial charge in [0.2, 0.25) is 0 Å². The van der Waals surface area contributed by atoms with E-state index in [0.717, 1.165) is 17.0 Å². The van der Waals surface area contributed by atoms with Crippen molar-refractivity contribution in [3.05, 3.63) is 60.3 Å². The molecule has 0 unspecified atom stereocenters. The number of benzene rings is 2. The molecule has 3 aromatic rings. The van der Waals surface area contributed by atoms with Gasteiger partial charge in [-0.1, -0.05) is 29.4 Å². The van der Waals surface area contributed by atoms with E-state index in [-0.39, 0.29) is 12.5 Å². The van der Waals surface area contributed by atoms with Crippen LogP contribution in [0.3, 0.4) is 0 Å². The molecule has 0 atom stereocenters. The number of amides is 1. The molecule has 1 aromatic heterocycles. The molecule has 3 rings (SSSR count). The molecule has 7 nitrogen and oxygen atoms in total. The van der Waals surface area contributed by atoms with E-state index in [1.807, 2.05) is 42.5 Å². The molecule has 7 heteroatoms. The number of aromatic nitrogens is 1. The lowest BCUT2D eigenvalue weighted by molar-refractivity contribution is -0.123. The number of nitrogens with zero attached hydrogens (tertiary/aromatic N) is 1. The Kier molecular flexibility index (Phi) is 6.51. The van der Waals surface area contributed by atoms with E-state index in [4.69, 9.17) is 18.7 Å². The van der Waals surface area contributed by atoms with Gasteiger partial charge in [0.1, 0.15) is 5.75 Å². The van der Waals surface area contributed by atoms with E-state index in [9.17, 15) is 4.79 Å². The predicted octanol–water partition coefficient (Wildman–Crippen LogP) is 3.10. The van der Waals surface area contributed by atoms with Gasteiger partial charge in [-0.25, -0.2) is 0 Å². The number of carbonyl (C=O) groups excluding carboxylic acids is 1. The smallest absolute Gasteiger partial charge is 0.257 e. The molecule has 0 bridgehead atoms. The first kappa shape index (κ1) is 19.3. The Morgan fingerprint density at radius 2 is 1.86 bits per heavy atom. The maximum Gasteiger partial charge on any atom is 0.257 e. The topological polar surface area (TPSA) is 82.8 Å². The monoisotopic (exact) mass is 382 g/mol. The predicted molar refractivity (Wildman–Crippen MR) is 104 cm³/mol. The Morgan fingerprint density at radius 1 is 1.04 bits per heavy atom. The zero-order valence-electron chi connectivity index (χ0n) is 15.8. The van der Waals surface area contributed by atoms with E-state index in [1.54, 1.807) is 26.4 Å². The highest BCUT2D eigenvalue weighted by Crippen LogP contribution is 2.26.